The summed E-state index contributed by atoms with van der Waals surface area (Å²) in [5.74, 6) is 0.220. The first-order valence-electron chi connectivity index (χ1n) is 5.01. The van der Waals surface area contributed by atoms with Crippen LogP contribution in [0.2, 0.25) is 0 Å². The summed E-state index contributed by atoms with van der Waals surface area (Å²) in [5, 5.41) is 0. The largest absolute Gasteiger partial charge is 0.484 e. The Morgan fingerprint density at radius 1 is 1.41 bits per heavy atom. The maximum atomic E-state index is 12.0. The number of methoxy groups -OCH3 is 1. The average molecular weight is 299 g/mol. The first kappa shape index (κ1) is 12.1. The van der Waals surface area contributed by atoms with Gasteiger partial charge in [0.2, 0.25) is 5.75 Å². The van der Waals surface area contributed by atoms with E-state index in [0.29, 0.717) is 18.9 Å². The Kier molecular flexibility index (Phi) is 3.75. The van der Waals surface area contributed by atoms with Crippen LogP contribution in [0.3, 0.4) is 0 Å². The molecule has 5 nitrogen and oxygen atoms in total. The fourth-order valence-electron chi connectivity index (χ4n) is 1.37. The molecule has 0 unspecified atom stereocenters. The smallest absolute Gasteiger partial charge is 0.300 e. The van der Waals surface area contributed by atoms with Gasteiger partial charge in [0.1, 0.15) is 12.3 Å². The Bertz CT molecular complexity index is 582. The summed E-state index contributed by atoms with van der Waals surface area (Å²) in [4.78, 5) is 16.1. The molecule has 0 amide bonds. The van der Waals surface area contributed by atoms with E-state index < -0.39 is 0 Å². The van der Waals surface area contributed by atoms with Crippen LogP contribution in [0.15, 0.2) is 33.8 Å². The Labute approximate surface area is 106 Å². The minimum Gasteiger partial charge on any atom is -0.484 e. The van der Waals surface area contributed by atoms with Crippen molar-refractivity contribution in [2.24, 2.45) is 0 Å². The van der Waals surface area contributed by atoms with Gasteiger partial charge in [-0.05, 0) is 28.1 Å². The molecule has 0 saturated heterocycles. The zero-order valence-electron chi connectivity index (χ0n) is 9.22. The lowest BCUT2D eigenvalue weighted by Crippen LogP contribution is -2.19. The first-order chi connectivity index (χ1) is 8.22. The molecule has 0 radical (unpaired) electrons. The number of hydrogen-bond donors (Lipinski definition) is 0. The number of ether oxygens (including phenoxy) is 2. The van der Waals surface area contributed by atoms with E-state index in [0.717, 1.165) is 4.47 Å². The minimum absolute atomic E-state index is 0.220. The van der Waals surface area contributed by atoms with E-state index in [1.807, 2.05) is 6.07 Å². The summed E-state index contributed by atoms with van der Waals surface area (Å²) >= 11 is 3.31. The van der Waals surface area contributed by atoms with E-state index in [-0.39, 0.29) is 11.3 Å². The Balaban J connectivity index is 2.39. The lowest BCUT2D eigenvalue weighted by molar-refractivity contribution is 0.145. The topological polar surface area (TPSA) is 52.8 Å². The predicted octanol–water partition coefficient (Wildman–Crippen LogP) is 1.48. The van der Waals surface area contributed by atoms with Crippen LogP contribution in [-0.2, 0) is 4.74 Å². The zero-order valence-corrected chi connectivity index (χ0v) is 10.8. The van der Waals surface area contributed by atoms with Crippen molar-refractivity contribution in [3.8, 4) is 5.75 Å². The van der Waals surface area contributed by atoms with Gasteiger partial charge >= 0.3 is 0 Å². The number of aromatic nitrogens is 2. The maximum absolute atomic E-state index is 12.0. The molecule has 0 aliphatic heterocycles. The van der Waals surface area contributed by atoms with Gasteiger partial charge in [-0.2, -0.15) is 0 Å². The molecule has 2 heterocycles. The molecule has 0 bridgehead atoms. The van der Waals surface area contributed by atoms with Gasteiger partial charge in [0, 0.05) is 17.8 Å². The van der Waals surface area contributed by atoms with Crippen molar-refractivity contribution in [3.63, 3.8) is 0 Å². The Morgan fingerprint density at radius 2 is 2.24 bits per heavy atom. The standard InChI is InChI=1S/C11H11BrN2O3/c1-16-4-5-17-9-6-13-10-3-2-8(12)7-14(10)11(9)15/h2-3,6-7H,4-5H2,1H3. The van der Waals surface area contributed by atoms with Crippen molar-refractivity contribution >= 4 is 21.6 Å². The summed E-state index contributed by atoms with van der Waals surface area (Å²) in [5.41, 5.74) is 0.352. The highest BCUT2D eigenvalue weighted by atomic mass is 79.9. The van der Waals surface area contributed by atoms with Gasteiger partial charge < -0.3 is 9.47 Å². The number of nitrogens with zero attached hydrogens (tertiary/aromatic N) is 2. The van der Waals surface area contributed by atoms with Gasteiger partial charge in [-0.1, -0.05) is 0 Å². The molecule has 0 N–H and O–H groups in total. The molecule has 90 valence electrons. The third kappa shape index (κ3) is 2.65. The van der Waals surface area contributed by atoms with Crippen molar-refractivity contribution in [2.45, 2.75) is 0 Å². The van der Waals surface area contributed by atoms with Crippen molar-refractivity contribution in [3.05, 3.63) is 39.4 Å². The highest BCUT2D eigenvalue weighted by Gasteiger charge is 2.05. The third-order valence-corrected chi connectivity index (χ3v) is 2.65. The number of halogens is 1. The predicted molar refractivity (Wildman–Crippen MR) is 66.5 cm³/mol. The SMILES string of the molecule is COCCOc1cnc2ccc(Br)cn2c1=O. The van der Waals surface area contributed by atoms with Gasteiger partial charge in [0.15, 0.2) is 0 Å². The fraction of sp³-hybridized carbons (Fsp3) is 0.273. The maximum Gasteiger partial charge on any atom is 0.300 e. The van der Waals surface area contributed by atoms with Crippen LogP contribution in [0.25, 0.3) is 5.65 Å². The molecule has 0 aliphatic carbocycles. The fourth-order valence-corrected chi connectivity index (χ4v) is 1.70. The second-order valence-electron chi connectivity index (χ2n) is 3.34. The van der Waals surface area contributed by atoms with E-state index >= 15 is 0 Å². The highest BCUT2D eigenvalue weighted by molar-refractivity contribution is 9.10. The molecule has 2 aromatic heterocycles. The van der Waals surface area contributed by atoms with Gasteiger partial charge in [-0.3, -0.25) is 9.20 Å². The summed E-state index contributed by atoms with van der Waals surface area (Å²) in [6.45, 7) is 0.758. The van der Waals surface area contributed by atoms with Crippen molar-refractivity contribution < 1.29 is 9.47 Å². The van der Waals surface area contributed by atoms with Crippen LogP contribution in [0, 0.1) is 0 Å². The molecule has 0 spiro atoms. The molecule has 2 rings (SSSR count). The van der Waals surface area contributed by atoms with Gasteiger partial charge in [-0.15, -0.1) is 0 Å². The lowest BCUT2D eigenvalue weighted by Gasteiger charge is -2.06. The zero-order chi connectivity index (χ0) is 12.3. The van der Waals surface area contributed by atoms with E-state index in [1.165, 1.54) is 10.6 Å². The lowest BCUT2D eigenvalue weighted by atomic mass is 10.4. The minimum atomic E-state index is -0.229. The van der Waals surface area contributed by atoms with Crippen molar-refractivity contribution in [1.82, 2.24) is 9.38 Å². The Hall–Kier alpha value is -1.40. The third-order valence-electron chi connectivity index (χ3n) is 2.18. The van der Waals surface area contributed by atoms with E-state index in [4.69, 9.17) is 9.47 Å². The molecule has 17 heavy (non-hydrogen) atoms. The quantitative estimate of drug-likeness (QED) is 0.803. The number of hydrogen-bond acceptors (Lipinski definition) is 4. The van der Waals surface area contributed by atoms with Gasteiger partial charge in [-0.25, -0.2) is 4.98 Å². The van der Waals surface area contributed by atoms with Crippen LogP contribution in [0.4, 0.5) is 0 Å². The van der Waals surface area contributed by atoms with Gasteiger partial charge in [0.05, 0.1) is 12.8 Å². The molecule has 0 atom stereocenters. The monoisotopic (exact) mass is 298 g/mol. The van der Waals surface area contributed by atoms with E-state index in [1.54, 1.807) is 19.4 Å². The number of fused-ring (bicyclic) bond motifs is 1. The van der Waals surface area contributed by atoms with E-state index in [9.17, 15) is 4.79 Å². The molecule has 6 heteroatoms. The first-order valence-corrected chi connectivity index (χ1v) is 5.80. The van der Waals surface area contributed by atoms with E-state index in [2.05, 4.69) is 20.9 Å². The number of pyridine rings is 1. The highest BCUT2D eigenvalue weighted by Crippen LogP contribution is 2.10. The molecular formula is C11H11BrN2O3. The Morgan fingerprint density at radius 3 is 3.00 bits per heavy atom. The van der Waals surface area contributed by atoms with Crippen molar-refractivity contribution in [1.29, 1.82) is 0 Å². The summed E-state index contributed by atoms with van der Waals surface area (Å²) in [7, 11) is 1.58. The molecule has 0 aliphatic rings. The second-order valence-corrected chi connectivity index (χ2v) is 4.26. The van der Waals surface area contributed by atoms with Crippen molar-refractivity contribution in [2.75, 3.05) is 20.3 Å². The molecule has 2 aromatic rings. The normalized spacial score (nSPS) is 10.7. The molecule has 0 fully saturated rings. The van der Waals surface area contributed by atoms with Crippen LogP contribution in [0.1, 0.15) is 0 Å². The van der Waals surface area contributed by atoms with Crippen LogP contribution in [-0.4, -0.2) is 29.7 Å². The molecule has 0 aromatic carbocycles. The van der Waals surface area contributed by atoms with Crippen LogP contribution >= 0.6 is 15.9 Å². The van der Waals surface area contributed by atoms with Gasteiger partial charge in [0.25, 0.3) is 5.56 Å². The van der Waals surface area contributed by atoms with Crippen LogP contribution < -0.4 is 10.3 Å². The summed E-state index contributed by atoms with van der Waals surface area (Å²) in [6, 6.07) is 3.58. The summed E-state index contributed by atoms with van der Waals surface area (Å²) < 4.78 is 12.4. The molecule has 0 saturated carbocycles. The van der Waals surface area contributed by atoms with Crippen LogP contribution in [0.5, 0.6) is 5.75 Å². The number of rotatable bonds is 4. The molecular weight excluding hydrogens is 288 g/mol. The average Bonchev–Trinajstić information content (AvgIpc) is 2.33. The second kappa shape index (κ2) is 5.29. The summed E-state index contributed by atoms with van der Waals surface area (Å²) in [6.07, 6.45) is 3.09.